The number of unbranched alkanes of at least 4 members (excludes halogenated alkanes) is 2. The van der Waals surface area contributed by atoms with Crippen molar-refractivity contribution in [1.82, 2.24) is 21.3 Å². The van der Waals surface area contributed by atoms with Crippen LogP contribution in [0.4, 0.5) is 0 Å². The first kappa shape index (κ1) is 30.3. The number of rotatable bonds is 18. The van der Waals surface area contributed by atoms with Gasteiger partial charge >= 0.3 is 11.9 Å². The fourth-order valence-electron chi connectivity index (χ4n) is 3.77. The van der Waals surface area contributed by atoms with E-state index in [1.165, 1.54) is 0 Å². The Bertz CT molecular complexity index is 714. The third kappa shape index (κ3) is 12.0. The van der Waals surface area contributed by atoms with Crippen LogP contribution in [-0.2, 0) is 24.0 Å². The molecule has 1 heterocycles. The van der Waals surface area contributed by atoms with Gasteiger partial charge in [-0.25, -0.2) is 4.79 Å². The van der Waals surface area contributed by atoms with E-state index < -0.39 is 48.3 Å². The smallest absolute Gasteiger partial charge is 0.326 e. The van der Waals surface area contributed by atoms with Gasteiger partial charge in [0, 0.05) is 6.42 Å². The predicted octanol–water partition coefficient (Wildman–Crippen LogP) is -1.60. The topological polar surface area (TPSA) is 226 Å². The predicted molar refractivity (Wildman–Crippen MR) is 127 cm³/mol. The van der Waals surface area contributed by atoms with Crippen LogP contribution in [0.25, 0.3) is 0 Å². The van der Waals surface area contributed by atoms with Crippen molar-refractivity contribution in [3.05, 3.63) is 0 Å². The standard InChI is InChI=1S/C22H40N6O7/c23-11-3-1-6-15(26-19(31)14-8-5-13-25-14)20(32)27-16(7-2-4-12-24)21(33)28-17(22(34)35)9-10-18(29)30/h14-17,25H,1-13,23-24H2,(H,26,31)(H,27,32)(H,28,33)(H,29,30)(H,34,35). The summed E-state index contributed by atoms with van der Waals surface area (Å²) in [7, 11) is 0. The maximum absolute atomic E-state index is 13.1. The molecule has 4 atom stereocenters. The summed E-state index contributed by atoms with van der Waals surface area (Å²) in [6.45, 7) is 1.53. The number of carbonyl (C=O) groups excluding carboxylic acids is 3. The normalized spacial score (nSPS) is 17.7. The van der Waals surface area contributed by atoms with Gasteiger partial charge in [-0.05, 0) is 77.4 Å². The SMILES string of the molecule is NCCCCC(NC(=O)C(CCCCN)NC(=O)C1CCCN1)C(=O)NC(CCC(=O)O)C(=O)O. The van der Waals surface area contributed by atoms with Gasteiger partial charge in [-0.3, -0.25) is 19.2 Å². The van der Waals surface area contributed by atoms with Gasteiger partial charge in [0.05, 0.1) is 6.04 Å². The number of nitrogens with two attached hydrogens (primary N) is 2. The van der Waals surface area contributed by atoms with Gasteiger partial charge in [-0.15, -0.1) is 0 Å². The molecule has 13 nitrogen and oxygen atoms in total. The Morgan fingerprint density at radius 1 is 0.800 bits per heavy atom. The summed E-state index contributed by atoms with van der Waals surface area (Å²) in [5.74, 6) is -4.15. The number of amides is 3. The molecule has 1 rings (SSSR count). The lowest BCUT2D eigenvalue weighted by Crippen LogP contribution is -2.57. The van der Waals surface area contributed by atoms with E-state index in [4.69, 9.17) is 16.6 Å². The van der Waals surface area contributed by atoms with E-state index in [0.717, 1.165) is 13.0 Å². The zero-order valence-corrected chi connectivity index (χ0v) is 20.1. The first-order chi connectivity index (χ1) is 16.7. The van der Waals surface area contributed by atoms with Crippen LogP contribution in [0.3, 0.4) is 0 Å². The van der Waals surface area contributed by atoms with Gasteiger partial charge in [0.25, 0.3) is 0 Å². The molecule has 1 aliphatic heterocycles. The Morgan fingerprint density at radius 3 is 1.80 bits per heavy atom. The van der Waals surface area contributed by atoms with Crippen LogP contribution in [0, 0.1) is 0 Å². The molecule has 0 radical (unpaired) electrons. The Kier molecular flexibility index (Phi) is 14.5. The van der Waals surface area contributed by atoms with Crippen LogP contribution in [0.1, 0.15) is 64.2 Å². The van der Waals surface area contributed by atoms with E-state index in [0.29, 0.717) is 51.6 Å². The highest BCUT2D eigenvalue weighted by atomic mass is 16.4. The maximum atomic E-state index is 13.1. The summed E-state index contributed by atoms with van der Waals surface area (Å²) in [5, 5.41) is 29.0. The van der Waals surface area contributed by atoms with Gasteiger partial charge in [0.15, 0.2) is 0 Å². The largest absolute Gasteiger partial charge is 0.481 e. The fraction of sp³-hybridized carbons (Fsp3) is 0.773. The van der Waals surface area contributed by atoms with Crippen molar-refractivity contribution in [3.63, 3.8) is 0 Å². The molecule has 13 heteroatoms. The van der Waals surface area contributed by atoms with Gasteiger partial charge in [-0.2, -0.15) is 0 Å². The molecule has 1 fully saturated rings. The molecule has 0 aromatic rings. The van der Waals surface area contributed by atoms with Crippen LogP contribution >= 0.6 is 0 Å². The number of carboxylic acids is 2. The molecule has 1 aliphatic rings. The molecule has 200 valence electrons. The quantitative estimate of drug-likeness (QED) is 0.101. The Morgan fingerprint density at radius 2 is 1.34 bits per heavy atom. The van der Waals surface area contributed by atoms with Gasteiger partial charge < -0.3 is 42.9 Å². The Labute approximate surface area is 205 Å². The second kappa shape index (κ2) is 16.8. The minimum Gasteiger partial charge on any atom is -0.481 e. The number of carbonyl (C=O) groups is 5. The fourth-order valence-corrected chi connectivity index (χ4v) is 3.77. The highest BCUT2D eigenvalue weighted by molar-refractivity contribution is 5.94. The summed E-state index contributed by atoms with van der Waals surface area (Å²) in [5.41, 5.74) is 11.1. The van der Waals surface area contributed by atoms with Crippen LogP contribution in [0.2, 0.25) is 0 Å². The average molecular weight is 501 g/mol. The molecular weight excluding hydrogens is 460 g/mol. The van der Waals surface area contributed by atoms with Crippen molar-refractivity contribution in [2.45, 2.75) is 88.4 Å². The van der Waals surface area contributed by atoms with Gasteiger partial charge in [-0.1, -0.05) is 0 Å². The van der Waals surface area contributed by atoms with Crippen molar-refractivity contribution in [3.8, 4) is 0 Å². The minimum absolute atomic E-state index is 0.202. The summed E-state index contributed by atoms with van der Waals surface area (Å²) < 4.78 is 0. The van der Waals surface area contributed by atoms with Crippen LogP contribution in [0.5, 0.6) is 0 Å². The zero-order chi connectivity index (χ0) is 26.2. The summed E-state index contributed by atoms with van der Waals surface area (Å²) in [4.78, 5) is 60.8. The number of hydrogen-bond donors (Lipinski definition) is 8. The molecule has 3 amide bonds. The molecule has 0 aliphatic carbocycles. The van der Waals surface area contributed by atoms with Crippen molar-refractivity contribution >= 4 is 29.7 Å². The van der Waals surface area contributed by atoms with E-state index in [9.17, 15) is 29.1 Å². The molecule has 10 N–H and O–H groups in total. The van der Waals surface area contributed by atoms with Gasteiger partial charge in [0.2, 0.25) is 17.7 Å². The van der Waals surface area contributed by atoms with Crippen LogP contribution < -0.4 is 32.7 Å². The van der Waals surface area contributed by atoms with E-state index in [-0.39, 0.29) is 24.8 Å². The van der Waals surface area contributed by atoms with E-state index in [2.05, 4.69) is 21.3 Å². The third-order valence-electron chi connectivity index (χ3n) is 5.80. The van der Waals surface area contributed by atoms with Crippen molar-refractivity contribution in [2.75, 3.05) is 19.6 Å². The first-order valence-electron chi connectivity index (χ1n) is 12.2. The highest BCUT2D eigenvalue weighted by Crippen LogP contribution is 2.09. The highest BCUT2D eigenvalue weighted by Gasteiger charge is 2.31. The number of nitrogens with one attached hydrogen (secondary N) is 4. The van der Waals surface area contributed by atoms with Crippen LogP contribution in [-0.4, -0.2) is 83.7 Å². The molecule has 0 aromatic carbocycles. The molecule has 4 unspecified atom stereocenters. The molecular formula is C22H40N6O7. The average Bonchev–Trinajstić information content (AvgIpc) is 3.35. The molecule has 0 saturated carbocycles. The summed E-state index contributed by atoms with van der Waals surface area (Å²) in [6.07, 6.45) is 3.65. The second-order valence-electron chi connectivity index (χ2n) is 8.67. The second-order valence-corrected chi connectivity index (χ2v) is 8.67. The first-order valence-corrected chi connectivity index (χ1v) is 12.2. The number of aliphatic carboxylic acids is 2. The molecule has 35 heavy (non-hydrogen) atoms. The summed E-state index contributed by atoms with van der Waals surface area (Å²) in [6, 6.07) is -3.75. The maximum Gasteiger partial charge on any atom is 0.326 e. The van der Waals surface area contributed by atoms with Crippen molar-refractivity contribution < 1.29 is 34.2 Å². The van der Waals surface area contributed by atoms with Crippen molar-refractivity contribution in [1.29, 1.82) is 0 Å². The van der Waals surface area contributed by atoms with Gasteiger partial charge in [0.1, 0.15) is 18.1 Å². The molecule has 0 bridgehead atoms. The summed E-state index contributed by atoms with van der Waals surface area (Å²) >= 11 is 0. The lowest BCUT2D eigenvalue weighted by Gasteiger charge is -2.25. The molecule has 0 spiro atoms. The lowest BCUT2D eigenvalue weighted by atomic mass is 10.0. The minimum atomic E-state index is -1.42. The van der Waals surface area contributed by atoms with E-state index >= 15 is 0 Å². The molecule has 0 aromatic heterocycles. The number of hydrogen-bond acceptors (Lipinski definition) is 8. The molecule has 1 saturated heterocycles. The lowest BCUT2D eigenvalue weighted by molar-refractivity contribution is -0.143. The van der Waals surface area contributed by atoms with E-state index in [1.54, 1.807) is 0 Å². The third-order valence-corrected chi connectivity index (χ3v) is 5.80. The van der Waals surface area contributed by atoms with E-state index in [1.807, 2.05) is 0 Å². The van der Waals surface area contributed by atoms with Crippen LogP contribution in [0.15, 0.2) is 0 Å². The Hall–Kier alpha value is -2.77. The number of carboxylic acid groups (broad SMARTS) is 2. The van der Waals surface area contributed by atoms with Crippen molar-refractivity contribution in [2.24, 2.45) is 11.5 Å². The monoisotopic (exact) mass is 500 g/mol. The zero-order valence-electron chi connectivity index (χ0n) is 20.1. The Balaban J connectivity index is 2.91.